The van der Waals surface area contributed by atoms with E-state index >= 15 is 0 Å². The maximum Gasteiger partial charge on any atom is 0.0692 e. The second-order valence-corrected chi connectivity index (χ2v) is 4.56. The van der Waals surface area contributed by atoms with Gasteiger partial charge in [-0.25, -0.2) is 0 Å². The lowest BCUT2D eigenvalue weighted by atomic mass is 9.92. The quantitative estimate of drug-likeness (QED) is 0.720. The Labute approximate surface area is 76.1 Å². The normalized spacial score (nSPS) is 26.5. The third kappa shape index (κ3) is 2.73. The van der Waals surface area contributed by atoms with Crippen LogP contribution in [0.15, 0.2) is 0 Å². The van der Waals surface area contributed by atoms with Crippen LogP contribution >= 0.6 is 15.9 Å². The highest BCUT2D eigenvalue weighted by Gasteiger charge is 2.24. The molecule has 1 heterocycles. The second kappa shape index (κ2) is 4.43. The van der Waals surface area contributed by atoms with E-state index < -0.39 is 0 Å². The van der Waals surface area contributed by atoms with Crippen molar-refractivity contribution in [2.45, 2.75) is 30.7 Å². The first kappa shape index (κ1) is 9.49. The molecule has 0 spiro atoms. The third-order valence-electron chi connectivity index (χ3n) is 2.22. The number of halogens is 1. The third-order valence-corrected chi connectivity index (χ3v) is 2.76. The van der Waals surface area contributed by atoms with E-state index in [1.807, 2.05) is 6.92 Å². The molecule has 0 amide bonds. The molecular formula is C8H15BrO2. The first-order valence-electron chi connectivity index (χ1n) is 4.11. The lowest BCUT2D eigenvalue weighted by Crippen LogP contribution is -2.32. The first-order valence-corrected chi connectivity index (χ1v) is 5.03. The van der Waals surface area contributed by atoms with Crippen LogP contribution in [0.5, 0.6) is 0 Å². The van der Waals surface area contributed by atoms with Crippen molar-refractivity contribution in [1.82, 2.24) is 0 Å². The molecule has 66 valence electrons. The largest absolute Gasteiger partial charge is 0.392 e. The van der Waals surface area contributed by atoms with Gasteiger partial charge in [-0.1, -0.05) is 22.9 Å². The lowest BCUT2D eigenvalue weighted by Gasteiger charge is -2.28. The molecule has 0 aromatic heterocycles. The van der Waals surface area contributed by atoms with Gasteiger partial charge in [0, 0.05) is 18.0 Å². The van der Waals surface area contributed by atoms with E-state index in [9.17, 15) is 5.11 Å². The summed E-state index contributed by atoms with van der Waals surface area (Å²) in [6, 6.07) is 0. The zero-order chi connectivity index (χ0) is 8.27. The Morgan fingerprint density at radius 2 is 2.00 bits per heavy atom. The fraction of sp³-hybridized carbons (Fsp3) is 1.00. The number of alkyl halides is 1. The van der Waals surface area contributed by atoms with Crippen molar-refractivity contribution in [3.63, 3.8) is 0 Å². The van der Waals surface area contributed by atoms with Crippen molar-refractivity contribution in [3.8, 4) is 0 Å². The van der Waals surface area contributed by atoms with Crippen LogP contribution in [-0.4, -0.2) is 29.3 Å². The number of hydrogen-bond acceptors (Lipinski definition) is 2. The minimum atomic E-state index is -0.209. The second-order valence-electron chi connectivity index (χ2n) is 3.12. The first-order chi connectivity index (χ1) is 5.22. The van der Waals surface area contributed by atoms with E-state index in [-0.39, 0.29) is 10.9 Å². The van der Waals surface area contributed by atoms with Gasteiger partial charge in [-0.15, -0.1) is 0 Å². The van der Waals surface area contributed by atoms with Crippen LogP contribution < -0.4 is 0 Å². The Bertz CT molecular complexity index is 111. The summed E-state index contributed by atoms with van der Waals surface area (Å²) in [6.07, 6.45) is 1.78. The molecule has 1 aliphatic heterocycles. The van der Waals surface area contributed by atoms with Gasteiger partial charge in [0.15, 0.2) is 0 Å². The van der Waals surface area contributed by atoms with Crippen LogP contribution in [0.25, 0.3) is 0 Å². The number of ether oxygens (including phenoxy) is 1. The molecular weight excluding hydrogens is 208 g/mol. The van der Waals surface area contributed by atoms with Crippen LogP contribution in [0.1, 0.15) is 19.8 Å². The van der Waals surface area contributed by atoms with Gasteiger partial charge in [0.25, 0.3) is 0 Å². The van der Waals surface area contributed by atoms with Gasteiger partial charge in [-0.2, -0.15) is 0 Å². The fourth-order valence-corrected chi connectivity index (χ4v) is 1.86. The Balaban J connectivity index is 2.32. The molecule has 0 aromatic carbocycles. The van der Waals surface area contributed by atoms with E-state index in [2.05, 4.69) is 15.9 Å². The Morgan fingerprint density at radius 1 is 1.45 bits per heavy atom. The van der Waals surface area contributed by atoms with E-state index in [1.165, 1.54) is 0 Å². The molecule has 1 N–H and O–H groups in total. The molecule has 1 aliphatic rings. The highest BCUT2D eigenvalue weighted by atomic mass is 79.9. The van der Waals surface area contributed by atoms with Crippen molar-refractivity contribution in [2.24, 2.45) is 5.92 Å². The van der Waals surface area contributed by atoms with Gasteiger partial charge in [-0.05, 0) is 18.8 Å². The van der Waals surface area contributed by atoms with Crippen LogP contribution in [0.3, 0.4) is 0 Å². The Kier molecular flexibility index (Phi) is 3.82. The van der Waals surface area contributed by atoms with Crippen molar-refractivity contribution < 1.29 is 9.84 Å². The molecule has 0 saturated carbocycles. The number of hydrogen-bond donors (Lipinski definition) is 1. The molecule has 2 atom stereocenters. The minimum absolute atomic E-state index is 0.200. The topological polar surface area (TPSA) is 29.5 Å². The summed E-state index contributed by atoms with van der Waals surface area (Å²) in [5, 5.41) is 9.65. The summed E-state index contributed by atoms with van der Waals surface area (Å²) < 4.78 is 5.20. The molecule has 0 bridgehead atoms. The maximum absolute atomic E-state index is 9.65. The standard InChI is InChI=1S/C8H15BrO2/c1-6(9)8(10)7-2-4-11-5-3-7/h6-8,10H,2-5H2,1H3. The average molecular weight is 223 g/mol. The van der Waals surface area contributed by atoms with Crippen molar-refractivity contribution >= 4 is 15.9 Å². The average Bonchev–Trinajstić information content (AvgIpc) is 2.05. The summed E-state index contributed by atoms with van der Waals surface area (Å²) in [5.74, 6) is 0.429. The van der Waals surface area contributed by atoms with Crippen molar-refractivity contribution in [2.75, 3.05) is 13.2 Å². The lowest BCUT2D eigenvalue weighted by molar-refractivity contribution is 0.00969. The summed E-state index contributed by atoms with van der Waals surface area (Å²) in [4.78, 5) is 0.200. The van der Waals surface area contributed by atoms with E-state index in [0.29, 0.717) is 5.92 Å². The maximum atomic E-state index is 9.65. The molecule has 0 aromatic rings. The summed E-state index contributed by atoms with van der Waals surface area (Å²) in [6.45, 7) is 3.60. The molecule has 1 fully saturated rings. The fourth-order valence-electron chi connectivity index (χ4n) is 1.43. The zero-order valence-electron chi connectivity index (χ0n) is 6.79. The van der Waals surface area contributed by atoms with Crippen LogP contribution in [0, 0.1) is 5.92 Å². The monoisotopic (exact) mass is 222 g/mol. The molecule has 0 aliphatic carbocycles. The number of aliphatic hydroxyl groups excluding tert-OH is 1. The van der Waals surface area contributed by atoms with Gasteiger partial charge < -0.3 is 9.84 Å². The molecule has 2 nitrogen and oxygen atoms in total. The Hall–Kier alpha value is 0.400. The highest BCUT2D eigenvalue weighted by Crippen LogP contribution is 2.23. The molecule has 2 unspecified atom stereocenters. The predicted octanol–water partition coefficient (Wildman–Crippen LogP) is 1.56. The summed E-state index contributed by atoms with van der Waals surface area (Å²) >= 11 is 3.38. The van der Waals surface area contributed by atoms with Crippen LogP contribution in [0.4, 0.5) is 0 Å². The zero-order valence-corrected chi connectivity index (χ0v) is 8.38. The van der Waals surface area contributed by atoms with Crippen molar-refractivity contribution in [1.29, 1.82) is 0 Å². The minimum Gasteiger partial charge on any atom is -0.392 e. The van der Waals surface area contributed by atoms with Crippen LogP contribution in [-0.2, 0) is 4.74 Å². The molecule has 3 heteroatoms. The van der Waals surface area contributed by atoms with E-state index in [0.717, 1.165) is 26.1 Å². The highest BCUT2D eigenvalue weighted by molar-refractivity contribution is 9.09. The van der Waals surface area contributed by atoms with E-state index in [1.54, 1.807) is 0 Å². The smallest absolute Gasteiger partial charge is 0.0692 e. The molecule has 11 heavy (non-hydrogen) atoms. The van der Waals surface area contributed by atoms with Crippen LogP contribution in [0.2, 0.25) is 0 Å². The van der Waals surface area contributed by atoms with Gasteiger partial charge in [0.1, 0.15) is 0 Å². The number of rotatable bonds is 2. The van der Waals surface area contributed by atoms with Gasteiger partial charge in [0.2, 0.25) is 0 Å². The molecule has 1 saturated heterocycles. The van der Waals surface area contributed by atoms with Gasteiger partial charge in [-0.3, -0.25) is 0 Å². The summed E-state index contributed by atoms with van der Waals surface area (Å²) in [7, 11) is 0. The summed E-state index contributed by atoms with van der Waals surface area (Å²) in [5.41, 5.74) is 0. The van der Waals surface area contributed by atoms with Crippen molar-refractivity contribution in [3.05, 3.63) is 0 Å². The van der Waals surface area contributed by atoms with Gasteiger partial charge in [0.05, 0.1) is 6.10 Å². The molecule has 0 radical (unpaired) electrons. The SMILES string of the molecule is CC(Br)C(O)C1CCOCC1. The number of aliphatic hydroxyl groups is 1. The molecule has 1 rings (SSSR count). The predicted molar refractivity (Wildman–Crippen MR) is 47.9 cm³/mol. The Morgan fingerprint density at radius 3 is 2.45 bits per heavy atom. The van der Waals surface area contributed by atoms with Gasteiger partial charge >= 0.3 is 0 Å². The van der Waals surface area contributed by atoms with E-state index in [4.69, 9.17) is 4.74 Å².